The Kier molecular flexibility index (Phi) is 12.7. The van der Waals surface area contributed by atoms with Gasteiger partial charge < -0.3 is 15.0 Å². The maximum Gasteiger partial charge on any atom is 0.264 e. The Hall–Kier alpha value is -4.05. The average molecular weight is 697 g/mol. The number of hydrogen-bond donors (Lipinski definition) is 1. The molecule has 4 aromatic rings. The number of hydrogen-bond acceptors (Lipinski definition) is 5. The zero-order valence-electron chi connectivity index (χ0n) is 26.6. The second kappa shape index (κ2) is 16.7. The number of sulfonamides is 1. The topological polar surface area (TPSA) is 96.0 Å². The van der Waals surface area contributed by atoms with Gasteiger partial charge in [-0.2, -0.15) is 0 Å². The molecule has 0 fully saturated rings. The van der Waals surface area contributed by atoms with Crippen molar-refractivity contribution in [3.05, 3.63) is 124 Å². The Morgan fingerprint density at radius 3 is 2.15 bits per heavy atom. The van der Waals surface area contributed by atoms with Crippen LogP contribution < -0.4 is 14.4 Å². The normalized spacial score (nSPS) is 12.0. The molecule has 0 bridgehead atoms. The van der Waals surface area contributed by atoms with E-state index in [0.29, 0.717) is 22.2 Å². The molecule has 0 aliphatic heterocycles. The van der Waals surface area contributed by atoms with Crippen LogP contribution in [0.25, 0.3) is 0 Å². The number of ether oxygens (including phenoxy) is 1. The Labute approximate surface area is 287 Å². The van der Waals surface area contributed by atoms with E-state index < -0.39 is 28.5 Å². The van der Waals surface area contributed by atoms with Crippen LogP contribution in [-0.4, -0.2) is 50.9 Å². The first-order valence-electron chi connectivity index (χ1n) is 15.3. The monoisotopic (exact) mass is 695 g/mol. The molecule has 4 rings (SSSR count). The summed E-state index contributed by atoms with van der Waals surface area (Å²) in [5, 5.41) is 3.82. The minimum Gasteiger partial charge on any atom is -0.492 e. The van der Waals surface area contributed by atoms with Crippen molar-refractivity contribution >= 4 is 50.7 Å². The molecule has 1 unspecified atom stereocenters. The molecule has 0 aromatic heterocycles. The number of amides is 2. The summed E-state index contributed by atoms with van der Waals surface area (Å²) in [6, 6.07) is 27.8. The standard InChI is InChI=1S/C36H39Cl2N3O5S/c1-4-46-34-16-9-8-15-32(34)41(47(44,45)31-19-17-29(37)18-20-31)25-35(42)40(24-28-13-10-14-30(38)21-28)33(36(43)39-23-26(2)3)22-27-11-6-5-7-12-27/h5-21,26,33H,4,22-25H2,1-3H3,(H,39,43). The molecular formula is C36H39Cl2N3O5S. The Balaban J connectivity index is 1.83. The van der Waals surface area contributed by atoms with E-state index in [9.17, 15) is 18.0 Å². The predicted octanol–water partition coefficient (Wildman–Crippen LogP) is 7.00. The van der Waals surface area contributed by atoms with Crippen LogP contribution in [0, 0.1) is 5.92 Å². The highest BCUT2D eigenvalue weighted by Crippen LogP contribution is 2.33. The molecule has 248 valence electrons. The second-order valence-corrected chi connectivity index (χ2v) is 14.1. The summed E-state index contributed by atoms with van der Waals surface area (Å²) in [5.74, 6) is -0.477. The maximum absolute atomic E-state index is 14.6. The molecule has 0 aliphatic rings. The van der Waals surface area contributed by atoms with Crippen LogP contribution in [0.5, 0.6) is 5.75 Å². The van der Waals surface area contributed by atoms with Gasteiger partial charge in [0, 0.05) is 29.6 Å². The van der Waals surface area contributed by atoms with Gasteiger partial charge in [-0.3, -0.25) is 13.9 Å². The number of nitrogens with zero attached hydrogens (tertiary/aromatic N) is 2. The minimum absolute atomic E-state index is 0.00787. The van der Waals surface area contributed by atoms with E-state index in [0.717, 1.165) is 9.87 Å². The van der Waals surface area contributed by atoms with Crippen LogP contribution in [0.3, 0.4) is 0 Å². The van der Waals surface area contributed by atoms with Crippen molar-refractivity contribution in [1.82, 2.24) is 10.2 Å². The zero-order chi connectivity index (χ0) is 34.0. The first-order valence-corrected chi connectivity index (χ1v) is 17.5. The molecular weight excluding hydrogens is 657 g/mol. The van der Waals surface area contributed by atoms with Crippen molar-refractivity contribution in [2.24, 2.45) is 5.92 Å². The van der Waals surface area contributed by atoms with Crippen LogP contribution in [0.1, 0.15) is 31.9 Å². The highest BCUT2D eigenvalue weighted by molar-refractivity contribution is 7.92. The fraction of sp³-hybridized carbons (Fsp3) is 0.278. The Bertz CT molecular complexity index is 1750. The summed E-state index contributed by atoms with van der Waals surface area (Å²) in [6.45, 7) is 5.83. The van der Waals surface area contributed by atoms with Gasteiger partial charge in [-0.15, -0.1) is 0 Å². The van der Waals surface area contributed by atoms with Crippen LogP contribution in [-0.2, 0) is 32.6 Å². The van der Waals surface area contributed by atoms with Gasteiger partial charge in [0.25, 0.3) is 10.0 Å². The lowest BCUT2D eigenvalue weighted by Crippen LogP contribution is -2.53. The molecule has 0 spiro atoms. The molecule has 1 N–H and O–H groups in total. The molecule has 2 amide bonds. The summed E-state index contributed by atoms with van der Waals surface area (Å²) in [6.07, 6.45) is 0.205. The summed E-state index contributed by atoms with van der Waals surface area (Å²) in [7, 11) is -4.32. The summed E-state index contributed by atoms with van der Waals surface area (Å²) in [5.41, 5.74) is 1.71. The van der Waals surface area contributed by atoms with E-state index in [1.807, 2.05) is 50.2 Å². The molecule has 0 radical (unpaired) electrons. The van der Waals surface area contributed by atoms with Crippen LogP contribution in [0.4, 0.5) is 5.69 Å². The van der Waals surface area contributed by atoms with Gasteiger partial charge in [0.2, 0.25) is 11.8 Å². The minimum atomic E-state index is -4.32. The van der Waals surface area contributed by atoms with E-state index in [4.69, 9.17) is 27.9 Å². The third-order valence-electron chi connectivity index (χ3n) is 7.31. The molecule has 4 aromatic carbocycles. The number of anilines is 1. The molecule has 0 aliphatic carbocycles. The number of carbonyl (C=O) groups is 2. The summed E-state index contributed by atoms with van der Waals surface area (Å²) >= 11 is 12.4. The number of para-hydroxylation sites is 2. The maximum atomic E-state index is 14.6. The van der Waals surface area contributed by atoms with Gasteiger partial charge in [-0.25, -0.2) is 8.42 Å². The molecule has 47 heavy (non-hydrogen) atoms. The first-order chi connectivity index (χ1) is 22.5. The van der Waals surface area contributed by atoms with E-state index in [2.05, 4.69) is 5.32 Å². The lowest BCUT2D eigenvalue weighted by molar-refractivity contribution is -0.140. The van der Waals surface area contributed by atoms with Crippen molar-refractivity contribution < 1.29 is 22.7 Å². The summed E-state index contributed by atoms with van der Waals surface area (Å²) in [4.78, 5) is 29.9. The quantitative estimate of drug-likeness (QED) is 0.145. The number of carbonyl (C=O) groups excluding carboxylic acids is 2. The highest BCUT2D eigenvalue weighted by atomic mass is 35.5. The third-order valence-corrected chi connectivity index (χ3v) is 9.57. The van der Waals surface area contributed by atoms with Crippen LogP contribution >= 0.6 is 23.2 Å². The lowest BCUT2D eigenvalue weighted by Gasteiger charge is -2.34. The van der Waals surface area contributed by atoms with E-state index in [1.165, 1.54) is 29.2 Å². The molecule has 0 saturated carbocycles. The molecule has 1 atom stereocenters. The SMILES string of the molecule is CCOc1ccccc1N(CC(=O)N(Cc1cccc(Cl)c1)C(Cc1ccccc1)C(=O)NCC(C)C)S(=O)(=O)c1ccc(Cl)cc1. The lowest BCUT2D eigenvalue weighted by atomic mass is 10.0. The third kappa shape index (κ3) is 9.73. The van der Waals surface area contributed by atoms with Crippen molar-refractivity contribution in [3.63, 3.8) is 0 Å². The van der Waals surface area contributed by atoms with Crippen LogP contribution in [0.2, 0.25) is 10.0 Å². The second-order valence-electron chi connectivity index (χ2n) is 11.4. The Morgan fingerprint density at radius 2 is 1.49 bits per heavy atom. The van der Waals surface area contributed by atoms with E-state index in [-0.39, 0.29) is 47.7 Å². The number of benzene rings is 4. The van der Waals surface area contributed by atoms with Gasteiger partial charge in [0.1, 0.15) is 18.3 Å². The van der Waals surface area contributed by atoms with Gasteiger partial charge in [-0.1, -0.05) is 91.6 Å². The van der Waals surface area contributed by atoms with Gasteiger partial charge in [0.15, 0.2) is 0 Å². The number of rotatable bonds is 15. The van der Waals surface area contributed by atoms with Gasteiger partial charge >= 0.3 is 0 Å². The fourth-order valence-corrected chi connectivity index (χ4v) is 6.76. The smallest absolute Gasteiger partial charge is 0.264 e. The zero-order valence-corrected chi connectivity index (χ0v) is 28.9. The van der Waals surface area contributed by atoms with Gasteiger partial charge in [0.05, 0.1) is 17.2 Å². The fourth-order valence-electron chi connectivity index (χ4n) is 5.00. The molecule has 0 heterocycles. The van der Waals surface area contributed by atoms with Crippen LogP contribution in [0.15, 0.2) is 108 Å². The average Bonchev–Trinajstić information content (AvgIpc) is 3.05. The molecule has 11 heteroatoms. The van der Waals surface area contributed by atoms with Gasteiger partial charge in [-0.05, 0) is 72.5 Å². The van der Waals surface area contributed by atoms with E-state index >= 15 is 0 Å². The van der Waals surface area contributed by atoms with Crippen molar-refractivity contribution in [2.75, 3.05) is 24.0 Å². The van der Waals surface area contributed by atoms with Crippen molar-refractivity contribution in [3.8, 4) is 5.75 Å². The highest BCUT2D eigenvalue weighted by Gasteiger charge is 2.35. The molecule has 8 nitrogen and oxygen atoms in total. The summed E-state index contributed by atoms with van der Waals surface area (Å²) < 4.78 is 35.4. The first kappa shape index (κ1) is 35.8. The largest absolute Gasteiger partial charge is 0.492 e. The predicted molar refractivity (Wildman–Crippen MR) is 187 cm³/mol. The number of halogens is 2. The van der Waals surface area contributed by atoms with E-state index in [1.54, 1.807) is 49.4 Å². The van der Waals surface area contributed by atoms with Crippen molar-refractivity contribution in [1.29, 1.82) is 0 Å². The molecule has 0 saturated heterocycles. The number of nitrogens with one attached hydrogen (secondary N) is 1. The Morgan fingerprint density at radius 1 is 0.830 bits per heavy atom. The van der Waals surface area contributed by atoms with Crippen molar-refractivity contribution in [2.45, 2.75) is 44.7 Å².